The van der Waals surface area contributed by atoms with Crippen molar-refractivity contribution in [1.82, 2.24) is 0 Å². The second-order valence-electron chi connectivity index (χ2n) is 6.75. The summed E-state index contributed by atoms with van der Waals surface area (Å²) in [6.45, 7) is 8.80. The maximum atomic E-state index is 12.0. The van der Waals surface area contributed by atoms with E-state index in [1.165, 1.54) is 18.4 Å². The molecule has 3 aliphatic carbocycles. The van der Waals surface area contributed by atoms with Crippen LogP contribution in [-0.4, -0.2) is 5.78 Å². The van der Waals surface area contributed by atoms with Gasteiger partial charge in [-0.2, -0.15) is 0 Å². The van der Waals surface area contributed by atoms with Gasteiger partial charge < -0.3 is 0 Å². The number of carbonyl (C=O) groups excluding carboxylic acids is 1. The highest BCUT2D eigenvalue weighted by Gasteiger charge is 2.64. The van der Waals surface area contributed by atoms with Crippen LogP contribution in [0.2, 0.25) is 0 Å². The molecule has 1 heteroatoms. The van der Waals surface area contributed by atoms with Crippen LogP contribution in [0.25, 0.3) is 0 Å². The Hall–Kier alpha value is -0.590. The van der Waals surface area contributed by atoms with Crippen LogP contribution in [0.1, 0.15) is 46.0 Å². The number of allylic oxidation sites excluding steroid dienone is 1. The molecule has 3 saturated carbocycles. The van der Waals surface area contributed by atoms with E-state index in [9.17, 15) is 4.79 Å². The van der Waals surface area contributed by atoms with E-state index in [0.29, 0.717) is 16.6 Å². The van der Waals surface area contributed by atoms with Crippen LogP contribution in [0.5, 0.6) is 0 Å². The third kappa shape index (κ3) is 1.07. The molecular weight excluding hydrogens is 184 g/mol. The van der Waals surface area contributed by atoms with Crippen molar-refractivity contribution in [2.75, 3.05) is 0 Å². The first-order valence-electron chi connectivity index (χ1n) is 6.15. The predicted molar refractivity (Wildman–Crippen MR) is 60.4 cm³/mol. The van der Waals surface area contributed by atoms with Gasteiger partial charge >= 0.3 is 0 Å². The highest BCUT2D eigenvalue weighted by molar-refractivity contribution is 5.87. The molecule has 0 radical (unpaired) electrons. The average molecular weight is 204 g/mol. The zero-order valence-corrected chi connectivity index (χ0v) is 9.81. The molecule has 0 heterocycles. The SMILES string of the molecule is C=C1C[C@]23CC(C)(C)C[C@H]2CCC(=O)C13. The molecule has 0 aliphatic heterocycles. The zero-order valence-electron chi connectivity index (χ0n) is 9.81. The first kappa shape index (κ1) is 9.62. The maximum absolute atomic E-state index is 12.0. The van der Waals surface area contributed by atoms with Gasteiger partial charge in [0, 0.05) is 12.3 Å². The fraction of sp³-hybridized carbons (Fsp3) is 0.786. The minimum atomic E-state index is 0.248. The molecule has 0 saturated heterocycles. The first-order chi connectivity index (χ1) is 6.95. The Morgan fingerprint density at radius 2 is 2.13 bits per heavy atom. The Morgan fingerprint density at radius 3 is 2.80 bits per heavy atom. The monoisotopic (exact) mass is 204 g/mol. The minimum absolute atomic E-state index is 0.248. The van der Waals surface area contributed by atoms with Crippen molar-refractivity contribution in [2.45, 2.75) is 46.0 Å². The molecule has 3 fully saturated rings. The Morgan fingerprint density at radius 1 is 1.40 bits per heavy atom. The number of ketones is 1. The highest BCUT2D eigenvalue weighted by atomic mass is 16.1. The second-order valence-corrected chi connectivity index (χ2v) is 6.75. The number of carbonyl (C=O) groups is 1. The molecule has 0 aromatic carbocycles. The third-order valence-electron chi connectivity index (χ3n) is 5.02. The van der Waals surface area contributed by atoms with Gasteiger partial charge in [0.05, 0.1) is 0 Å². The van der Waals surface area contributed by atoms with Gasteiger partial charge in [-0.15, -0.1) is 0 Å². The van der Waals surface area contributed by atoms with Crippen LogP contribution >= 0.6 is 0 Å². The highest BCUT2D eigenvalue weighted by Crippen LogP contribution is 2.70. The van der Waals surface area contributed by atoms with E-state index in [4.69, 9.17) is 0 Å². The predicted octanol–water partition coefficient (Wildman–Crippen LogP) is 3.35. The van der Waals surface area contributed by atoms with Gasteiger partial charge in [0.1, 0.15) is 5.78 Å². The molecular formula is C14H20O. The molecule has 1 unspecified atom stereocenters. The quantitative estimate of drug-likeness (QED) is 0.553. The average Bonchev–Trinajstić information content (AvgIpc) is 2.34. The Balaban J connectivity index is 1.99. The van der Waals surface area contributed by atoms with Gasteiger partial charge in [-0.05, 0) is 42.4 Å². The van der Waals surface area contributed by atoms with Gasteiger partial charge in [0.15, 0.2) is 0 Å². The first-order valence-corrected chi connectivity index (χ1v) is 6.15. The lowest BCUT2D eigenvalue weighted by Crippen LogP contribution is -2.52. The maximum Gasteiger partial charge on any atom is 0.140 e. The summed E-state index contributed by atoms with van der Waals surface area (Å²) in [4.78, 5) is 12.0. The van der Waals surface area contributed by atoms with E-state index in [2.05, 4.69) is 20.4 Å². The fourth-order valence-electron chi connectivity index (χ4n) is 4.82. The summed E-state index contributed by atoms with van der Waals surface area (Å²) in [6, 6.07) is 0. The van der Waals surface area contributed by atoms with Crippen LogP contribution in [-0.2, 0) is 4.79 Å². The van der Waals surface area contributed by atoms with E-state index in [1.54, 1.807) is 0 Å². The van der Waals surface area contributed by atoms with Crippen molar-refractivity contribution >= 4 is 5.78 Å². The summed E-state index contributed by atoms with van der Waals surface area (Å²) in [7, 11) is 0. The smallest absolute Gasteiger partial charge is 0.140 e. The van der Waals surface area contributed by atoms with Gasteiger partial charge in [-0.1, -0.05) is 26.0 Å². The minimum Gasteiger partial charge on any atom is -0.299 e. The molecule has 3 atom stereocenters. The third-order valence-corrected chi connectivity index (χ3v) is 5.02. The molecule has 3 aliphatic rings. The van der Waals surface area contributed by atoms with Gasteiger partial charge in [-0.3, -0.25) is 4.79 Å². The molecule has 0 amide bonds. The lowest BCUT2D eigenvalue weighted by atomic mass is 9.48. The van der Waals surface area contributed by atoms with Crippen molar-refractivity contribution in [2.24, 2.45) is 22.7 Å². The van der Waals surface area contributed by atoms with E-state index in [0.717, 1.165) is 25.2 Å². The zero-order chi connectivity index (χ0) is 10.8. The van der Waals surface area contributed by atoms with Crippen molar-refractivity contribution < 1.29 is 4.79 Å². The van der Waals surface area contributed by atoms with E-state index in [1.807, 2.05) is 0 Å². The van der Waals surface area contributed by atoms with E-state index in [-0.39, 0.29) is 5.92 Å². The molecule has 0 aromatic rings. The summed E-state index contributed by atoms with van der Waals surface area (Å²) in [6.07, 6.45) is 5.67. The molecule has 3 rings (SSSR count). The van der Waals surface area contributed by atoms with Gasteiger partial charge in [0.25, 0.3) is 0 Å². The molecule has 82 valence electrons. The van der Waals surface area contributed by atoms with E-state index < -0.39 is 0 Å². The summed E-state index contributed by atoms with van der Waals surface area (Å²) >= 11 is 0. The van der Waals surface area contributed by atoms with Crippen molar-refractivity contribution in [3.8, 4) is 0 Å². The lowest BCUT2D eigenvalue weighted by molar-refractivity contribution is -0.136. The van der Waals surface area contributed by atoms with Gasteiger partial charge in [0.2, 0.25) is 0 Å². The standard InChI is InChI=1S/C14H20O/c1-9-6-14-8-13(2,3)7-10(14)4-5-11(15)12(9)14/h10,12H,1,4-8H2,2-3H3/t10-,12?,14+/m1/s1. The Kier molecular flexibility index (Phi) is 1.64. The lowest BCUT2D eigenvalue weighted by Gasteiger charge is -2.55. The van der Waals surface area contributed by atoms with Gasteiger partial charge in [-0.25, -0.2) is 0 Å². The molecule has 0 aromatic heterocycles. The summed E-state index contributed by atoms with van der Waals surface area (Å²) in [5, 5.41) is 0. The number of hydrogen-bond acceptors (Lipinski definition) is 1. The van der Waals surface area contributed by atoms with Crippen LogP contribution in [0.4, 0.5) is 0 Å². The second kappa shape index (κ2) is 2.56. The normalized spacial score (nSPS) is 47.1. The van der Waals surface area contributed by atoms with Crippen LogP contribution in [0.15, 0.2) is 12.2 Å². The topological polar surface area (TPSA) is 17.1 Å². The van der Waals surface area contributed by atoms with Crippen molar-refractivity contribution in [1.29, 1.82) is 0 Å². The van der Waals surface area contributed by atoms with Crippen molar-refractivity contribution in [3.05, 3.63) is 12.2 Å². The fourth-order valence-corrected chi connectivity index (χ4v) is 4.82. The number of hydrogen-bond donors (Lipinski definition) is 0. The molecule has 0 N–H and O–H groups in total. The number of rotatable bonds is 0. The van der Waals surface area contributed by atoms with Crippen LogP contribution < -0.4 is 0 Å². The van der Waals surface area contributed by atoms with Crippen LogP contribution in [0.3, 0.4) is 0 Å². The van der Waals surface area contributed by atoms with E-state index >= 15 is 0 Å². The van der Waals surface area contributed by atoms with Crippen molar-refractivity contribution in [3.63, 3.8) is 0 Å². The van der Waals surface area contributed by atoms with Crippen LogP contribution in [0, 0.1) is 22.7 Å². The molecule has 15 heavy (non-hydrogen) atoms. The Bertz CT molecular complexity index is 352. The molecule has 0 bridgehead atoms. The summed E-state index contributed by atoms with van der Waals surface area (Å²) in [5.41, 5.74) is 2.03. The molecule has 1 spiro atoms. The number of Topliss-reactive ketones (excluding diaryl/α,β-unsaturated/α-hetero) is 1. The summed E-state index contributed by atoms with van der Waals surface area (Å²) < 4.78 is 0. The Labute approximate surface area is 91.9 Å². The molecule has 1 nitrogen and oxygen atoms in total. The largest absolute Gasteiger partial charge is 0.299 e. The summed E-state index contributed by atoms with van der Waals surface area (Å²) in [5.74, 6) is 1.54.